The zero-order valence-electron chi connectivity index (χ0n) is 9.25. The lowest BCUT2D eigenvalue weighted by atomic mass is 10.00. The highest BCUT2D eigenvalue weighted by molar-refractivity contribution is 6.20. The van der Waals surface area contributed by atoms with Crippen LogP contribution in [0.15, 0.2) is 16.3 Å². The van der Waals surface area contributed by atoms with Crippen molar-refractivity contribution in [1.29, 1.82) is 0 Å². The summed E-state index contributed by atoms with van der Waals surface area (Å²) in [4.78, 5) is 15.8. The molecule has 1 aliphatic heterocycles. The van der Waals surface area contributed by atoms with Crippen LogP contribution in [0.3, 0.4) is 0 Å². The average Bonchev–Trinajstić information content (AvgIpc) is 2.30. The van der Waals surface area contributed by atoms with E-state index in [2.05, 4.69) is 9.73 Å². The van der Waals surface area contributed by atoms with Crippen LogP contribution >= 0.6 is 0 Å². The molecule has 0 atom stereocenters. The lowest BCUT2D eigenvalue weighted by molar-refractivity contribution is -0.135. The third kappa shape index (κ3) is 2.81. The summed E-state index contributed by atoms with van der Waals surface area (Å²) >= 11 is 0. The van der Waals surface area contributed by atoms with E-state index in [1.807, 2.05) is 0 Å². The summed E-state index contributed by atoms with van der Waals surface area (Å²) in [5.74, 6) is -0.419. The molecule has 1 aliphatic rings. The number of allylic oxidation sites excluding steroid dienone is 1. The number of ether oxygens (including phenoxy) is 1. The van der Waals surface area contributed by atoms with Gasteiger partial charge in [0.25, 0.3) is 0 Å². The highest BCUT2D eigenvalue weighted by Crippen LogP contribution is 2.17. The van der Waals surface area contributed by atoms with Crippen LogP contribution < -0.4 is 0 Å². The Bertz CT molecular complexity index is 305. The number of carbonyl (C=O) groups excluding carboxylic acids is 1. The number of aliphatic hydroxyl groups excluding tert-OH is 1. The second kappa shape index (κ2) is 5.53. The molecule has 4 nitrogen and oxygen atoms in total. The lowest BCUT2D eigenvalue weighted by Gasteiger charge is -2.14. The van der Waals surface area contributed by atoms with Crippen LogP contribution in [0.2, 0.25) is 0 Å². The number of nitrogens with zero attached hydrogens (tertiary/aromatic N) is 1. The minimum atomic E-state index is -0.491. The van der Waals surface area contributed by atoms with Gasteiger partial charge in [0.1, 0.15) is 11.3 Å². The topological polar surface area (TPSA) is 58.9 Å². The van der Waals surface area contributed by atoms with E-state index in [0.29, 0.717) is 12.1 Å². The van der Waals surface area contributed by atoms with Crippen molar-refractivity contribution < 1.29 is 14.6 Å². The molecule has 1 rings (SSSR count). The second-order valence-electron chi connectivity index (χ2n) is 3.45. The largest absolute Gasteiger partial charge is 0.511 e. The molecular formula is C11H17NO3. The van der Waals surface area contributed by atoms with E-state index in [1.165, 1.54) is 7.11 Å². The molecule has 0 aliphatic carbocycles. The minimum Gasteiger partial charge on any atom is -0.511 e. The van der Waals surface area contributed by atoms with Gasteiger partial charge in [-0.1, -0.05) is 6.92 Å². The van der Waals surface area contributed by atoms with E-state index in [0.717, 1.165) is 25.8 Å². The van der Waals surface area contributed by atoms with Gasteiger partial charge >= 0.3 is 5.97 Å². The number of aliphatic hydroxyl groups is 1. The maximum Gasteiger partial charge on any atom is 0.343 e. The molecule has 0 saturated carbocycles. The summed E-state index contributed by atoms with van der Waals surface area (Å²) in [6.07, 6.45) is 3.22. The molecule has 84 valence electrons. The number of hydrogen-bond donors (Lipinski definition) is 1. The van der Waals surface area contributed by atoms with E-state index >= 15 is 0 Å². The average molecular weight is 211 g/mol. The van der Waals surface area contributed by atoms with Crippen molar-refractivity contribution in [3.8, 4) is 0 Å². The van der Waals surface area contributed by atoms with Crippen molar-refractivity contribution in [2.75, 3.05) is 13.7 Å². The third-order valence-electron chi connectivity index (χ3n) is 2.43. The molecule has 0 aromatic heterocycles. The molecule has 0 aromatic carbocycles. The quantitative estimate of drug-likeness (QED) is 0.441. The van der Waals surface area contributed by atoms with Crippen molar-refractivity contribution in [2.24, 2.45) is 4.99 Å². The summed E-state index contributed by atoms with van der Waals surface area (Å²) in [6, 6.07) is 0. The van der Waals surface area contributed by atoms with Crippen LogP contribution in [0.5, 0.6) is 0 Å². The Morgan fingerprint density at radius 2 is 2.27 bits per heavy atom. The van der Waals surface area contributed by atoms with Crippen LogP contribution in [0.25, 0.3) is 0 Å². The predicted octanol–water partition coefficient (Wildman–Crippen LogP) is 2.01. The van der Waals surface area contributed by atoms with Gasteiger partial charge in [0.05, 0.1) is 12.8 Å². The highest BCUT2D eigenvalue weighted by atomic mass is 16.5. The number of carbonyl (C=O) groups is 1. The van der Waals surface area contributed by atoms with Gasteiger partial charge in [0.15, 0.2) is 0 Å². The Morgan fingerprint density at radius 3 is 2.73 bits per heavy atom. The first-order chi connectivity index (χ1) is 7.20. The molecule has 0 bridgehead atoms. The van der Waals surface area contributed by atoms with Crippen molar-refractivity contribution in [3.05, 3.63) is 11.3 Å². The number of methoxy groups -OCH3 is 1. The maximum atomic E-state index is 11.5. The lowest BCUT2D eigenvalue weighted by Crippen LogP contribution is -2.19. The Kier molecular flexibility index (Phi) is 4.34. The van der Waals surface area contributed by atoms with Crippen LogP contribution in [0.4, 0.5) is 0 Å². The maximum absolute atomic E-state index is 11.5. The Morgan fingerprint density at radius 1 is 1.53 bits per heavy atom. The molecule has 1 N–H and O–H groups in total. The number of esters is 1. The summed E-state index contributed by atoms with van der Waals surface area (Å²) < 4.78 is 4.65. The minimum absolute atomic E-state index is 0.0718. The molecular weight excluding hydrogens is 194 g/mol. The number of hydrogen-bond acceptors (Lipinski definition) is 4. The van der Waals surface area contributed by atoms with Crippen LogP contribution in [-0.4, -0.2) is 30.4 Å². The molecule has 0 saturated heterocycles. The number of rotatable bonds is 3. The van der Waals surface area contributed by atoms with Gasteiger partial charge in [-0.15, -0.1) is 0 Å². The Labute approximate surface area is 89.7 Å². The molecule has 0 amide bonds. The standard InChI is InChI=1S/C11H17NO3/c1-3-9(13)10(11(14)15-2)8-6-4-5-7-12-8/h13H,3-7H2,1-2H3/b10-9+. The van der Waals surface area contributed by atoms with Gasteiger partial charge in [-0.25, -0.2) is 4.79 Å². The summed E-state index contributed by atoms with van der Waals surface area (Å²) in [7, 11) is 1.31. The van der Waals surface area contributed by atoms with E-state index < -0.39 is 5.97 Å². The SMILES string of the molecule is CC/C(O)=C(\C(=O)OC)C1=NCCCC1. The molecule has 15 heavy (non-hydrogen) atoms. The van der Waals surface area contributed by atoms with Crippen molar-refractivity contribution in [3.63, 3.8) is 0 Å². The fraction of sp³-hybridized carbons (Fsp3) is 0.636. The Balaban J connectivity index is 3.00. The number of aliphatic imine (C=N–C) groups is 1. The molecule has 0 fully saturated rings. The van der Waals surface area contributed by atoms with Gasteiger partial charge in [-0.2, -0.15) is 0 Å². The molecule has 0 aromatic rings. The first-order valence-electron chi connectivity index (χ1n) is 5.24. The first-order valence-corrected chi connectivity index (χ1v) is 5.24. The molecule has 4 heteroatoms. The van der Waals surface area contributed by atoms with Gasteiger partial charge in [0.2, 0.25) is 0 Å². The van der Waals surface area contributed by atoms with Crippen LogP contribution in [0.1, 0.15) is 32.6 Å². The van der Waals surface area contributed by atoms with E-state index in [9.17, 15) is 9.90 Å². The first kappa shape index (κ1) is 11.8. The molecule has 1 heterocycles. The smallest absolute Gasteiger partial charge is 0.343 e. The van der Waals surface area contributed by atoms with Gasteiger partial charge in [-0.3, -0.25) is 4.99 Å². The van der Waals surface area contributed by atoms with Crippen molar-refractivity contribution in [2.45, 2.75) is 32.6 Å². The summed E-state index contributed by atoms with van der Waals surface area (Å²) in [5, 5.41) is 9.67. The Hall–Kier alpha value is -1.32. The van der Waals surface area contributed by atoms with E-state index in [-0.39, 0.29) is 11.3 Å². The van der Waals surface area contributed by atoms with Crippen molar-refractivity contribution in [1.82, 2.24) is 0 Å². The molecule has 0 radical (unpaired) electrons. The van der Waals surface area contributed by atoms with E-state index in [4.69, 9.17) is 0 Å². The predicted molar refractivity (Wildman–Crippen MR) is 58.1 cm³/mol. The fourth-order valence-electron chi connectivity index (χ4n) is 1.58. The van der Waals surface area contributed by atoms with Gasteiger partial charge in [0, 0.05) is 13.0 Å². The monoisotopic (exact) mass is 211 g/mol. The van der Waals surface area contributed by atoms with Crippen LogP contribution in [-0.2, 0) is 9.53 Å². The zero-order valence-corrected chi connectivity index (χ0v) is 9.25. The second-order valence-corrected chi connectivity index (χ2v) is 3.45. The molecule has 0 unspecified atom stereocenters. The highest BCUT2D eigenvalue weighted by Gasteiger charge is 2.22. The van der Waals surface area contributed by atoms with Crippen molar-refractivity contribution >= 4 is 11.7 Å². The van der Waals surface area contributed by atoms with Crippen LogP contribution in [0, 0.1) is 0 Å². The van der Waals surface area contributed by atoms with E-state index in [1.54, 1.807) is 6.92 Å². The summed E-state index contributed by atoms with van der Waals surface area (Å²) in [6.45, 7) is 2.52. The van der Waals surface area contributed by atoms with Gasteiger partial charge < -0.3 is 9.84 Å². The fourth-order valence-corrected chi connectivity index (χ4v) is 1.58. The molecule has 0 spiro atoms. The zero-order chi connectivity index (χ0) is 11.3. The third-order valence-corrected chi connectivity index (χ3v) is 2.43. The normalized spacial score (nSPS) is 17.9. The van der Waals surface area contributed by atoms with Gasteiger partial charge in [-0.05, 0) is 19.3 Å². The summed E-state index contributed by atoms with van der Waals surface area (Å²) in [5.41, 5.74) is 0.951.